The molecule has 0 aliphatic carbocycles. The van der Waals surface area contributed by atoms with Crippen LogP contribution in [0.1, 0.15) is 24.4 Å². The van der Waals surface area contributed by atoms with Crippen molar-refractivity contribution in [1.29, 1.82) is 0 Å². The van der Waals surface area contributed by atoms with E-state index in [0.29, 0.717) is 20.8 Å². The number of rotatable bonds is 2. The van der Waals surface area contributed by atoms with Gasteiger partial charge in [-0.1, -0.05) is 30.1 Å². The lowest BCUT2D eigenvalue weighted by molar-refractivity contribution is 0.749. The first-order valence-corrected chi connectivity index (χ1v) is 7.99. The second-order valence-corrected chi connectivity index (χ2v) is 6.85. The third-order valence-electron chi connectivity index (χ3n) is 2.39. The summed E-state index contributed by atoms with van der Waals surface area (Å²) in [5, 5.41) is 1.75. The molecule has 0 bridgehead atoms. The highest BCUT2D eigenvalue weighted by molar-refractivity contribution is 8.06. The van der Waals surface area contributed by atoms with E-state index in [1.54, 1.807) is 6.07 Å². The predicted octanol–water partition coefficient (Wildman–Crippen LogP) is 4.08. The number of nitrogens with zero attached hydrogens (tertiary/aromatic N) is 2. The molecular formula is C10H12Cl2N2S2. The third-order valence-corrected chi connectivity index (χ3v) is 6.02. The first-order valence-electron chi connectivity index (χ1n) is 5.14. The summed E-state index contributed by atoms with van der Waals surface area (Å²) in [6.45, 7) is 2.20. The quantitative estimate of drug-likeness (QED) is 0.768. The van der Waals surface area contributed by atoms with Crippen molar-refractivity contribution >= 4 is 46.7 Å². The van der Waals surface area contributed by atoms with Crippen LogP contribution in [0.2, 0.25) is 10.3 Å². The van der Waals surface area contributed by atoms with Crippen LogP contribution in [0.25, 0.3) is 0 Å². The summed E-state index contributed by atoms with van der Waals surface area (Å²) >= 11 is 15.7. The van der Waals surface area contributed by atoms with Gasteiger partial charge in [0.15, 0.2) is 0 Å². The van der Waals surface area contributed by atoms with E-state index in [1.807, 2.05) is 23.5 Å². The first kappa shape index (κ1) is 12.8. The van der Waals surface area contributed by atoms with Gasteiger partial charge in [0, 0.05) is 22.8 Å². The number of hydrogen-bond acceptors (Lipinski definition) is 4. The molecule has 0 radical (unpaired) electrons. The monoisotopic (exact) mass is 294 g/mol. The van der Waals surface area contributed by atoms with Gasteiger partial charge in [0.25, 0.3) is 0 Å². The van der Waals surface area contributed by atoms with Gasteiger partial charge in [-0.15, -0.1) is 11.8 Å². The molecule has 1 fully saturated rings. The van der Waals surface area contributed by atoms with Gasteiger partial charge >= 0.3 is 0 Å². The van der Waals surface area contributed by atoms with Gasteiger partial charge in [-0.2, -0.15) is 11.8 Å². The number of aromatic nitrogens is 2. The van der Waals surface area contributed by atoms with Crippen LogP contribution in [0, 0.1) is 0 Å². The van der Waals surface area contributed by atoms with Crippen LogP contribution in [0.4, 0.5) is 0 Å². The normalized spacial score (nSPS) is 25.7. The SMILES string of the molecule is CCC1SCCSC1c1nc(Cl)cc(Cl)n1. The molecule has 2 rings (SSSR count). The topological polar surface area (TPSA) is 25.8 Å². The van der Waals surface area contributed by atoms with Gasteiger partial charge < -0.3 is 0 Å². The van der Waals surface area contributed by atoms with E-state index in [4.69, 9.17) is 23.2 Å². The summed E-state index contributed by atoms with van der Waals surface area (Å²) in [5.41, 5.74) is 0. The Kier molecular flexibility index (Phi) is 4.65. The zero-order chi connectivity index (χ0) is 11.5. The van der Waals surface area contributed by atoms with Crippen molar-refractivity contribution in [3.63, 3.8) is 0 Å². The molecule has 1 aliphatic heterocycles. The Bertz CT molecular complexity index is 356. The van der Waals surface area contributed by atoms with E-state index in [0.717, 1.165) is 18.0 Å². The van der Waals surface area contributed by atoms with Crippen LogP contribution < -0.4 is 0 Å². The lowest BCUT2D eigenvalue weighted by Gasteiger charge is -2.28. The fraction of sp³-hybridized carbons (Fsp3) is 0.600. The number of hydrogen-bond donors (Lipinski definition) is 0. The molecule has 2 nitrogen and oxygen atoms in total. The van der Waals surface area contributed by atoms with E-state index in [9.17, 15) is 0 Å². The fourth-order valence-corrected chi connectivity index (χ4v) is 5.10. The van der Waals surface area contributed by atoms with Crippen LogP contribution >= 0.6 is 46.7 Å². The average Bonchev–Trinajstić information content (AvgIpc) is 2.27. The smallest absolute Gasteiger partial charge is 0.145 e. The van der Waals surface area contributed by atoms with Gasteiger partial charge in [0.1, 0.15) is 16.1 Å². The van der Waals surface area contributed by atoms with E-state index in [-0.39, 0.29) is 0 Å². The Morgan fingerprint density at radius 3 is 2.50 bits per heavy atom. The predicted molar refractivity (Wildman–Crippen MR) is 73.8 cm³/mol. The molecular weight excluding hydrogens is 283 g/mol. The van der Waals surface area contributed by atoms with Crippen molar-refractivity contribution in [3.05, 3.63) is 22.2 Å². The van der Waals surface area contributed by atoms with Crippen molar-refractivity contribution in [2.24, 2.45) is 0 Å². The largest absolute Gasteiger partial charge is 0.220 e. The molecule has 0 N–H and O–H groups in total. The van der Waals surface area contributed by atoms with Crippen LogP contribution in [-0.4, -0.2) is 26.7 Å². The lowest BCUT2D eigenvalue weighted by Crippen LogP contribution is -2.20. The van der Waals surface area contributed by atoms with Gasteiger partial charge in [0.2, 0.25) is 0 Å². The van der Waals surface area contributed by atoms with Crippen molar-refractivity contribution < 1.29 is 0 Å². The molecule has 16 heavy (non-hydrogen) atoms. The molecule has 6 heteroatoms. The second-order valence-electron chi connectivity index (χ2n) is 3.48. The zero-order valence-corrected chi connectivity index (χ0v) is 12.0. The van der Waals surface area contributed by atoms with Crippen molar-refractivity contribution in [3.8, 4) is 0 Å². The molecule has 0 amide bonds. The molecule has 2 atom stereocenters. The van der Waals surface area contributed by atoms with Gasteiger partial charge in [-0.05, 0) is 6.42 Å². The molecule has 1 aromatic heterocycles. The standard InChI is InChI=1S/C10H12Cl2N2S2/c1-2-6-9(16-4-3-15-6)10-13-7(11)5-8(12)14-10/h5-6,9H,2-4H2,1H3. The van der Waals surface area contributed by atoms with Crippen LogP contribution in [0.5, 0.6) is 0 Å². The molecule has 1 aliphatic rings. The molecule has 0 spiro atoms. The zero-order valence-electron chi connectivity index (χ0n) is 8.82. The maximum Gasteiger partial charge on any atom is 0.145 e. The second kappa shape index (κ2) is 5.80. The van der Waals surface area contributed by atoms with E-state index in [1.165, 1.54) is 5.75 Å². The van der Waals surface area contributed by atoms with E-state index in [2.05, 4.69) is 16.9 Å². The highest BCUT2D eigenvalue weighted by Gasteiger charge is 2.29. The van der Waals surface area contributed by atoms with Crippen LogP contribution in [-0.2, 0) is 0 Å². The fourth-order valence-electron chi connectivity index (χ4n) is 1.68. The number of halogens is 2. The van der Waals surface area contributed by atoms with E-state index >= 15 is 0 Å². The van der Waals surface area contributed by atoms with Crippen LogP contribution in [0.3, 0.4) is 0 Å². The maximum absolute atomic E-state index is 5.91. The van der Waals surface area contributed by atoms with Crippen molar-refractivity contribution in [2.45, 2.75) is 23.8 Å². The molecule has 0 aromatic carbocycles. The van der Waals surface area contributed by atoms with E-state index < -0.39 is 0 Å². The van der Waals surface area contributed by atoms with Gasteiger partial charge in [-0.3, -0.25) is 0 Å². The summed E-state index contributed by atoms with van der Waals surface area (Å²) in [5.74, 6) is 3.12. The Morgan fingerprint density at radius 1 is 1.25 bits per heavy atom. The molecule has 1 saturated heterocycles. The third kappa shape index (κ3) is 2.97. The van der Waals surface area contributed by atoms with Crippen molar-refractivity contribution in [2.75, 3.05) is 11.5 Å². The van der Waals surface area contributed by atoms with Crippen molar-refractivity contribution in [1.82, 2.24) is 9.97 Å². The lowest BCUT2D eigenvalue weighted by atomic mass is 10.2. The summed E-state index contributed by atoms with van der Waals surface area (Å²) in [6, 6.07) is 1.58. The minimum atomic E-state index is 0.319. The highest BCUT2D eigenvalue weighted by atomic mass is 35.5. The molecule has 0 saturated carbocycles. The van der Waals surface area contributed by atoms with Gasteiger partial charge in [-0.25, -0.2) is 9.97 Å². The average molecular weight is 295 g/mol. The molecule has 2 heterocycles. The first-order chi connectivity index (χ1) is 7.70. The summed E-state index contributed by atoms with van der Waals surface area (Å²) in [7, 11) is 0. The minimum Gasteiger partial charge on any atom is -0.220 e. The minimum absolute atomic E-state index is 0.319. The number of thioether (sulfide) groups is 2. The summed E-state index contributed by atoms with van der Waals surface area (Å²) in [4.78, 5) is 8.58. The summed E-state index contributed by atoms with van der Waals surface area (Å²) in [6.07, 6.45) is 1.12. The molecule has 88 valence electrons. The Labute approximate surface area is 114 Å². The Balaban J connectivity index is 2.26. The highest BCUT2D eigenvalue weighted by Crippen LogP contribution is 2.43. The Morgan fingerprint density at radius 2 is 1.88 bits per heavy atom. The molecule has 1 aromatic rings. The Hall–Kier alpha value is 0.360. The maximum atomic E-state index is 5.91. The van der Waals surface area contributed by atoms with Crippen LogP contribution in [0.15, 0.2) is 6.07 Å². The van der Waals surface area contributed by atoms with Gasteiger partial charge in [0.05, 0.1) is 5.25 Å². The summed E-state index contributed by atoms with van der Waals surface area (Å²) < 4.78 is 0. The molecule has 2 unspecified atom stereocenters.